The summed E-state index contributed by atoms with van der Waals surface area (Å²) >= 11 is 0. The molecule has 1 saturated carbocycles. The second-order valence-corrected chi connectivity index (χ2v) is 4.33. The van der Waals surface area contributed by atoms with Crippen LogP contribution in [0.4, 0.5) is 0 Å². The number of tetrazole rings is 1. The van der Waals surface area contributed by atoms with Crippen molar-refractivity contribution in [2.45, 2.75) is 58.2 Å². The van der Waals surface area contributed by atoms with E-state index in [1.807, 2.05) is 4.68 Å². The van der Waals surface area contributed by atoms with Gasteiger partial charge in [-0.3, -0.25) is 0 Å². The predicted molar refractivity (Wildman–Crippen MR) is 57.3 cm³/mol. The van der Waals surface area contributed by atoms with Gasteiger partial charge in [-0.25, -0.2) is 4.68 Å². The maximum absolute atomic E-state index is 4.06. The monoisotopic (exact) mass is 209 g/mol. The Balaban J connectivity index is 1.93. The number of nitrogens with one attached hydrogen (secondary N) is 1. The number of rotatable bonds is 6. The predicted octanol–water partition coefficient (Wildman–Crippen LogP) is 1.29. The van der Waals surface area contributed by atoms with E-state index in [0.717, 1.165) is 25.2 Å². The zero-order chi connectivity index (χ0) is 10.7. The molecule has 0 aliphatic heterocycles. The Morgan fingerprint density at radius 1 is 1.53 bits per heavy atom. The van der Waals surface area contributed by atoms with Crippen LogP contribution in [0.3, 0.4) is 0 Å². The van der Waals surface area contributed by atoms with Gasteiger partial charge in [-0.2, -0.15) is 0 Å². The number of hydrogen-bond donors (Lipinski definition) is 1. The topological polar surface area (TPSA) is 55.6 Å². The van der Waals surface area contributed by atoms with Crippen LogP contribution in [0.5, 0.6) is 0 Å². The average Bonchev–Trinajstić information content (AvgIpc) is 2.93. The molecule has 0 bridgehead atoms. The Morgan fingerprint density at radius 3 is 3.00 bits per heavy atom. The second kappa shape index (κ2) is 4.70. The van der Waals surface area contributed by atoms with Gasteiger partial charge in [-0.15, -0.1) is 5.10 Å². The van der Waals surface area contributed by atoms with Crippen molar-refractivity contribution in [3.63, 3.8) is 0 Å². The Bertz CT molecular complexity index is 305. The normalized spacial score (nSPS) is 18.0. The van der Waals surface area contributed by atoms with Crippen LogP contribution in [0.25, 0.3) is 0 Å². The lowest BCUT2D eigenvalue weighted by atomic mass is 10.2. The maximum Gasteiger partial charge on any atom is 0.165 e. The summed E-state index contributed by atoms with van der Waals surface area (Å²) in [6, 6.07) is 1.11. The highest BCUT2D eigenvalue weighted by molar-refractivity contribution is 4.88. The smallest absolute Gasteiger partial charge is 0.165 e. The van der Waals surface area contributed by atoms with Crippen LogP contribution in [-0.2, 0) is 6.54 Å². The third-order valence-electron chi connectivity index (χ3n) is 2.81. The van der Waals surface area contributed by atoms with E-state index >= 15 is 0 Å². The van der Waals surface area contributed by atoms with Crippen LogP contribution in [-0.4, -0.2) is 26.2 Å². The first kappa shape index (κ1) is 10.5. The quantitative estimate of drug-likeness (QED) is 0.767. The van der Waals surface area contributed by atoms with Gasteiger partial charge in [0.1, 0.15) is 0 Å². The highest BCUT2D eigenvalue weighted by Gasteiger charge is 2.21. The molecule has 0 saturated heterocycles. The summed E-state index contributed by atoms with van der Waals surface area (Å²) in [6.45, 7) is 5.15. The Kier molecular flexibility index (Phi) is 3.30. The van der Waals surface area contributed by atoms with Crippen molar-refractivity contribution in [3.05, 3.63) is 5.82 Å². The maximum atomic E-state index is 4.06. The fourth-order valence-corrected chi connectivity index (χ4v) is 1.73. The first-order valence-electron chi connectivity index (χ1n) is 5.81. The summed E-state index contributed by atoms with van der Waals surface area (Å²) in [5.74, 6) is 0.961. The van der Waals surface area contributed by atoms with Gasteiger partial charge >= 0.3 is 0 Å². The van der Waals surface area contributed by atoms with Crippen molar-refractivity contribution >= 4 is 0 Å². The van der Waals surface area contributed by atoms with Gasteiger partial charge in [0, 0.05) is 6.04 Å². The molecular formula is C10H19N5. The van der Waals surface area contributed by atoms with Gasteiger partial charge in [0.15, 0.2) is 5.82 Å². The lowest BCUT2D eigenvalue weighted by Gasteiger charge is -2.12. The molecule has 1 aliphatic rings. The molecule has 5 nitrogen and oxygen atoms in total. The molecule has 0 radical (unpaired) electrons. The molecule has 1 atom stereocenters. The molecule has 1 aromatic rings. The van der Waals surface area contributed by atoms with Crippen LogP contribution >= 0.6 is 0 Å². The zero-order valence-electron chi connectivity index (χ0n) is 9.48. The van der Waals surface area contributed by atoms with Crippen LogP contribution in [0, 0.1) is 0 Å². The molecule has 15 heavy (non-hydrogen) atoms. The van der Waals surface area contributed by atoms with Crippen LogP contribution in [0.15, 0.2) is 0 Å². The van der Waals surface area contributed by atoms with Gasteiger partial charge in [-0.05, 0) is 36.6 Å². The summed E-state index contributed by atoms with van der Waals surface area (Å²) in [7, 11) is 0. The van der Waals surface area contributed by atoms with Crippen molar-refractivity contribution < 1.29 is 0 Å². The molecular weight excluding hydrogens is 190 g/mol. The summed E-state index contributed by atoms with van der Waals surface area (Å²) in [6.07, 6.45) is 4.89. The SMILES string of the molecule is CCCC(C)n1nnnc1CNC1CC1. The van der Waals surface area contributed by atoms with Crippen molar-refractivity contribution in [2.75, 3.05) is 0 Å². The summed E-state index contributed by atoms with van der Waals surface area (Å²) in [5, 5.41) is 15.3. The Labute approximate surface area is 90.2 Å². The zero-order valence-corrected chi connectivity index (χ0v) is 9.48. The van der Waals surface area contributed by atoms with E-state index in [1.165, 1.54) is 12.8 Å². The van der Waals surface area contributed by atoms with Crippen molar-refractivity contribution in [1.82, 2.24) is 25.5 Å². The molecule has 0 spiro atoms. The number of nitrogens with zero attached hydrogens (tertiary/aromatic N) is 4. The molecule has 0 aromatic carbocycles. The third kappa shape index (κ3) is 2.75. The van der Waals surface area contributed by atoms with Crippen molar-refractivity contribution in [2.24, 2.45) is 0 Å². The third-order valence-corrected chi connectivity index (χ3v) is 2.81. The Morgan fingerprint density at radius 2 is 2.33 bits per heavy atom. The van der Waals surface area contributed by atoms with E-state index < -0.39 is 0 Å². The second-order valence-electron chi connectivity index (χ2n) is 4.33. The standard InChI is InChI=1S/C10H19N5/c1-3-4-8(2)15-10(12-13-14-15)7-11-9-5-6-9/h8-9,11H,3-7H2,1-2H3. The highest BCUT2D eigenvalue weighted by Crippen LogP contribution is 2.19. The van der Waals surface area contributed by atoms with Gasteiger partial charge in [0.25, 0.3) is 0 Å². The molecule has 2 rings (SSSR count). The fourth-order valence-electron chi connectivity index (χ4n) is 1.73. The van der Waals surface area contributed by atoms with E-state index in [2.05, 4.69) is 34.7 Å². The molecule has 1 fully saturated rings. The van der Waals surface area contributed by atoms with Crippen LogP contribution in [0.1, 0.15) is 51.4 Å². The largest absolute Gasteiger partial charge is 0.307 e. The summed E-state index contributed by atoms with van der Waals surface area (Å²) in [4.78, 5) is 0. The van der Waals surface area contributed by atoms with E-state index in [4.69, 9.17) is 0 Å². The lowest BCUT2D eigenvalue weighted by molar-refractivity contribution is 0.422. The van der Waals surface area contributed by atoms with Crippen LogP contribution < -0.4 is 5.32 Å². The number of hydrogen-bond acceptors (Lipinski definition) is 4. The molecule has 1 unspecified atom stereocenters. The van der Waals surface area contributed by atoms with Crippen LogP contribution in [0.2, 0.25) is 0 Å². The van der Waals surface area contributed by atoms with Crippen molar-refractivity contribution in [1.29, 1.82) is 0 Å². The van der Waals surface area contributed by atoms with E-state index in [0.29, 0.717) is 12.1 Å². The average molecular weight is 209 g/mol. The molecule has 5 heteroatoms. The molecule has 1 N–H and O–H groups in total. The Hall–Kier alpha value is -0.970. The van der Waals surface area contributed by atoms with Crippen molar-refractivity contribution in [3.8, 4) is 0 Å². The van der Waals surface area contributed by atoms with E-state index in [-0.39, 0.29) is 0 Å². The lowest BCUT2D eigenvalue weighted by Crippen LogP contribution is -2.20. The van der Waals surface area contributed by atoms with Gasteiger partial charge in [-0.1, -0.05) is 13.3 Å². The van der Waals surface area contributed by atoms with Gasteiger partial charge < -0.3 is 5.32 Å². The van der Waals surface area contributed by atoms with Gasteiger partial charge in [0.2, 0.25) is 0 Å². The number of aromatic nitrogens is 4. The van der Waals surface area contributed by atoms with E-state index in [9.17, 15) is 0 Å². The minimum absolute atomic E-state index is 0.404. The fraction of sp³-hybridized carbons (Fsp3) is 0.900. The molecule has 1 aliphatic carbocycles. The molecule has 84 valence electrons. The van der Waals surface area contributed by atoms with E-state index in [1.54, 1.807) is 0 Å². The minimum Gasteiger partial charge on any atom is -0.307 e. The molecule has 0 amide bonds. The summed E-state index contributed by atoms with van der Waals surface area (Å²) < 4.78 is 1.94. The first-order valence-corrected chi connectivity index (χ1v) is 5.81. The first-order chi connectivity index (χ1) is 7.31. The molecule has 1 aromatic heterocycles. The highest BCUT2D eigenvalue weighted by atomic mass is 15.6. The minimum atomic E-state index is 0.404. The van der Waals surface area contributed by atoms with Gasteiger partial charge in [0.05, 0.1) is 12.6 Å². The molecule has 1 heterocycles. The summed E-state index contributed by atoms with van der Waals surface area (Å²) in [5.41, 5.74) is 0.